The van der Waals surface area contributed by atoms with Gasteiger partial charge in [0.2, 0.25) is 0 Å². The van der Waals surface area contributed by atoms with Crippen LogP contribution in [0.25, 0.3) is 0 Å². The van der Waals surface area contributed by atoms with Gasteiger partial charge in [0.05, 0.1) is 12.2 Å². The summed E-state index contributed by atoms with van der Waals surface area (Å²) < 4.78 is 85.4. The number of alkyl halides is 8. The topological polar surface area (TPSA) is 18.5 Å². The van der Waals surface area contributed by atoms with E-state index in [1.807, 2.05) is 27.7 Å². The van der Waals surface area contributed by atoms with Crippen molar-refractivity contribution in [2.75, 3.05) is 6.16 Å². The molecule has 0 bridgehead atoms. The molecule has 0 spiro atoms. The molecule has 0 saturated heterocycles. The lowest BCUT2D eigenvalue weighted by Gasteiger charge is -2.23. The summed E-state index contributed by atoms with van der Waals surface area (Å²) in [4.78, 5) is 0. The quantitative estimate of drug-likeness (QED) is 0.193. The largest absolute Gasteiger partial charge is 0.460 e. The number of halogens is 8. The van der Waals surface area contributed by atoms with Crippen LogP contribution in [0.1, 0.15) is 34.6 Å². The van der Waals surface area contributed by atoms with Gasteiger partial charge in [-0.15, -0.1) is 0 Å². The Bertz CT molecular complexity index is 280. The van der Waals surface area contributed by atoms with Crippen LogP contribution in [0.15, 0.2) is 0 Å². The van der Waals surface area contributed by atoms with Gasteiger partial charge in [0.25, 0.3) is 0 Å². The zero-order chi connectivity index (χ0) is 18.4. The number of rotatable bonds is 6. The van der Waals surface area contributed by atoms with Crippen molar-refractivity contribution in [1.29, 1.82) is 0 Å². The van der Waals surface area contributed by atoms with E-state index in [0.717, 1.165) is 6.16 Å². The Morgan fingerprint density at radius 2 is 1.18 bits per heavy atom. The standard InChI is InChI=1S/C8H19O2P.C3F7I/c1-6-11(9-7(2)3)10-8(4)5;4-1(5,2(6,7)8)3(9,10)11/h7-8H,6H2,1-5H3;. The third kappa shape index (κ3) is 9.67. The fraction of sp³-hybridized carbons (Fsp3) is 1.00. The third-order valence-corrected chi connectivity index (χ3v) is 4.13. The molecule has 0 radical (unpaired) electrons. The molecule has 22 heavy (non-hydrogen) atoms. The van der Waals surface area contributed by atoms with Crippen molar-refractivity contribution >= 4 is 31.0 Å². The maximum Gasteiger partial charge on any atom is 0.460 e. The summed E-state index contributed by atoms with van der Waals surface area (Å²) in [6, 6.07) is 0. The van der Waals surface area contributed by atoms with E-state index >= 15 is 0 Å². The van der Waals surface area contributed by atoms with Crippen molar-refractivity contribution < 1.29 is 39.8 Å². The number of hydrogen-bond acceptors (Lipinski definition) is 2. The van der Waals surface area contributed by atoms with Gasteiger partial charge in [-0.2, -0.15) is 30.7 Å². The van der Waals surface area contributed by atoms with Crippen LogP contribution in [0.3, 0.4) is 0 Å². The predicted molar refractivity (Wildman–Crippen MR) is 79.9 cm³/mol. The van der Waals surface area contributed by atoms with E-state index in [1.165, 1.54) is 0 Å². The van der Waals surface area contributed by atoms with Crippen molar-refractivity contribution in [2.45, 2.75) is 62.9 Å². The minimum absolute atomic E-state index is 0.259. The lowest BCUT2D eigenvalue weighted by atomic mass is 10.3. The minimum atomic E-state index is -6.21. The van der Waals surface area contributed by atoms with Gasteiger partial charge >= 0.3 is 16.0 Å². The van der Waals surface area contributed by atoms with Crippen LogP contribution >= 0.6 is 31.0 Å². The van der Waals surface area contributed by atoms with Crippen LogP contribution in [0.5, 0.6) is 0 Å². The molecule has 136 valence electrons. The first-order valence-electron chi connectivity index (χ1n) is 6.18. The van der Waals surface area contributed by atoms with Crippen molar-refractivity contribution in [1.82, 2.24) is 0 Å². The second kappa shape index (κ2) is 9.78. The van der Waals surface area contributed by atoms with Gasteiger partial charge in [-0.3, -0.25) is 0 Å². The second-order valence-corrected chi connectivity index (χ2v) is 7.60. The molecule has 0 aliphatic heterocycles. The minimum Gasteiger partial charge on any atom is -0.331 e. The average molecular weight is 474 g/mol. The van der Waals surface area contributed by atoms with Gasteiger partial charge in [-0.05, 0) is 27.7 Å². The summed E-state index contributed by atoms with van der Waals surface area (Å²) in [7, 11) is -0.637. The molecule has 0 atom stereocenters. The van der Waals surface area contributed by atoms with E-state index in [4.69, 9.17) is 9.05 Å². The van der Waals surface area contributed by atoms with Crippen LogP contribution in [0.4, 0.5) is 30.7 Å². The van der Waals surface area contributed by atoms with Crippen molar-refractivity contribution in [3.05, 3.63) is 0 Å². The molecular weight excluding hydrogens is 455 g/mol. The molecule has 0 heterocycles. The Morgan fingerprint density at radius 3 is 1.27 bits per heavy atom. The van der Waals surface area contributed by atoms with Crippen LogP contribution in [0, 0.1) is 0 Å². The highest BCUT2D eigenvalue weighted by Crippen LogP contribution is 2.49. The van der Waals surface area contributed by atoms with Gasteiger partial charge < -0.3 is 9.05 Å². The summed E-state index contributed by atoms with van der Waals surface area (Å²) in [5.74, 6) is -5.97. The van der Waals surface area contributed by atoms with E-state index in [0.29, 0.717) is 0 Å². The lowest BCUT2D eigenvalue weighted by molar-refractivity contribution is -0.325. The second-order valence-electron chi connectivity index (χ2n) is 4.53. The Balaban J connectivity index is 0. The zero-order valence-electron chi connectivity index (χ0n) is 12.6. The first kappa shape index (κ1) is 24.8. The van der Waals surface area contributed by atoms with Crippen molar-refractivity contribution in [2.24, 2.45) is 0 Å². The summed E-state index contributed by atoms with van der Waals surface area (Å²) in [5, 5.41) is 0. The average Bonchev–Trinajstić information content (AvgIpc) is 2.24. The molecule has 0 rings (SSSR count). The Labute approximate surface area is 140 Å². The van der Waals surface area contributed by atoms with E-state index in [1.54, 1.807) is 0 Å². The van der Waals surface area contributed by atoms with Gasteiger partial charge in [0, 0.05) is 28.8 Å². The highest BCUT2D eigenvalue weighted by Gasteiger charge is 2.72. The maximum atomic E-state index is 11.6. The highest BCUT2D eigenvalue weighted by molar-refractivity contribution is 14.1. The molecule has 0 amide bonds. The van der Waals surface area contributed by atoms with Crippen molar-refractivity contribution in [3.63, 3.8) is 0 Å². The summed E-state index contributed by atoms with van der Waals surface area (Å²) in [6.07, 6.45) is -4.68. The first-order valence-corrected chi connectivity index (χ1v) is 8.62. The molecule has 0 aliphatic carbocycles. The lowest BCUT2D eigenvalue weighted by Crippen LogP contribution is -2.48. The van der Waals surface area contributed by atoms with Gasteiger partial charge in [-0.1, -0.05) is 6.92 Å². The molecule has 0 aromatic rings. The molecule has 0 aromatic heterocycles. The predicted octanol–water partition coefficient (Wildman–Crippen LogP) is 6.38. The van der Waals surface area contributed by atoms with Crippen molar-refractivity contribution in [3.8, 4) is 0 Å². The molecule has 0 unspecified atom stereocenters. The summed E-state index contributed by atoms with van der Waals surface area (Å²) in [6.45, 7) is 10.2. The molecule has 0 N–H and O–H groups in total. The third-order valence-electron chi connectivity index (χ3n) is 1.63. The molecule has 0 aromatic carbocycles. The molecule has 0 saturated carbocycles. The van der Waals surface area contributed by atoms with Gasteiger partial charge in [0.15, 0.2) is 8.38 Å². The van der Waals surface area contributed by atoms with Crippen LogP contribution in [-0.2, 0) is 9.05 Å². The molecular formula is C11H19F7IO2P. The van der Waals surface area contributed by atoms with Crippen LogP contribution in [-0.4, -0.2) is 34.4 Å². The molecule has 0 aliphatic rings. The van der Waals surface area contributed by atoms with E-state index in [9.17, 15) is 30.7 Å². The monoisotopic (exact) mass is 474 g/mol. The van der Waals surface area contributed by atoms with E-state index in [2.05, 4.69) is 6.92 Å². The summed E-state index contributed by atoms with van der Waals surface area (Å²) >= 11 is -0.259. The fourth-order valence-corrected chi connectivity index (χ4v) is 2.40. The number of hydrogen-bond donors (Lipinski definition) is 0. The van der Waals surface area contributed by atoms with Crippen LogP contribution < -0.4 is 0 Å². The van der Waals surface area contributed by atoms with Crippen LogP contribution in [0.2, 0.25) is 0 Å². The summed E-state index contributed by atoms with van der Waals surface area (Å²) in [5.41, 5.74) is 0. The first-order chi connectivity index (χ1) is 9.56. The Morgan fingerprint density at radius 1 is 0.864 bits per heavy atom. The normalized spacial score (nSPS) is 13.6. The maximum absolute atomic E-state index is 11.6. The smallest absolute Gasteiger partial charge is 0.331 e. The van der Waals surface area contributed by atoms with Gasteiger partial charge in [0.1, 0.15) is 0 Å². The zero-order valence-corrected chi connectivity index (χ0v) is 15.7. The molecule has 0 fully saturated rings. The SMILES string of the molecule is CCP(OC(C)C)OC(C)C.FC(F)(F)C(F)(F)C(F)(F)I. The molecule has 2 nitrogen and oxygen atoms in total. The van der Waals surface area contributed by atoms with E-state index < -0.39 is 24.4 Å². The fourth-order valence-electron chi connectivity index (χ4n) is 0.805. The highest BCUT2D eigenvalue weighted by atomic mass is 127. The van der Waals surface area contributed by atoms with Gasteiger partial charge in [-0.25, -0.2) is 0 Å². The Kier molecular flexibility index (Phi) is 11.0. The molecule has 11 heteroatoms. The Hall–Kier alpha value is 0.590. The van der Waals surface area contributed by atoms with E-state index in [-0.39, 0.29) is 34.8 Å².